The van der Waals surface area contributed by atoms with Gasteiger partial charge in [-0.15, -0.1) is 0 Å². The highest BCUT2D eigenvalue weighted by Gasteiger charge is 2.18. The molecule has 0 aliphatic carbocycles. The molecule has 120 valence electrons. The van der Waals surface area contributed by atoms with Crippen LogP contribution < -0.4 is 0 Å². The van der Waals surface area contributed by atoms with Crippen LogP contribution >= 0.6 is 15.9 Å². The van der Waals surface area contributed by atoms with E-state index in [0.717, 1.165) is 17.0 Å². The molecule has 9 heteroatoms. The molecule has 1 unspecified atom stereocenters. The lowest BCUT2D eigenvalue weighted by Crippen LogP contribution is -2.12. The monoisotopic (exact) mass is 400 g/mol. The minimum atomic E-state index is -3.62. The van der Waals surface area contributed by atoms with Crippen molar-refractivity contribution in [2.75, 3.05) is 19.1 Å². The number of hydrogen-bond acceptors (Lipinski definition) is 6. The zero-order chi connectivity index (χ0) is 16.1. The van der Waals surface area contributed by atoms with Crippen molar-refractivity contribution in [2.45, 2.75) is 18.9 Å². The molecule has 0 aliphatic rings. The minimum Gasteiger partial charge on any atom is -0.270 e. The molecule has 0 saturated heterocycles. The Morgan fingerprint density at radius 2 is 1.62 bits per heavy atom. The molecule has 0 aromatic heterocycles. The maximum atomic E-state index is 11.3. The molecule has 0 spiro atoms. The van der Waals surface area contributed by atoms with Crippen molar-refractivity contribution >= 4 is 36.2 Å². The highest BCUT2D eigenvalue weighted by atomic mass is 79.9. The zero-order valence-corrected chi connectivity index (χ0v) is 14.9. The fourth-order valence-electron chi connectivity index (χ4n) is 1.64. The molecule has 6 nitrogen and oxygen atoms in total. The average Bonchev–Trinajstić information content (AvgIpc) is 2.31. The van der Waals surface area contributed by atoms with Crippen molar-refractivity contribution in [2.24, 2.45) is 0 Å². The Balaban J connectivity index is 2.72. The van der Waals surface area contributed by atoms with E-state index in [9.17, 15) is 16.8 Å². The largest absolute Gasteiger partial charge is 0.270 e. The van der Waals surface area contributed by atoms with Gasteiger partial charge >= 0.3 is 0 Å². The summed E-state index contributed by atoms with van der Waals surface area (Å²) >= 11 is 3.30. The summed E-state index contributed by atoms with van der Waals surface area (Å²) in [6.07, 6.45) is 1.95. The van der Waals surface area contributed by atoms with Gasteiger partial charge in [0.1, 0.15) is 6.10 Å². The molecule has 0 aliphatic heterocycles. The van der Waals surface area contributed by atoms with E-state index in [-0.39, 0.29) is 6.61 Å². The van der Waals surface area contributed by atoms with Crippen LogP contribution in [0.1, 0.15) is 24.5 Å². The molecule has 21 heavy (non-hydrogen) atoms. The first-order chi connectivity index (χ1) is 9.57. The Labute approximate surface area is 133 Å². The Kier molecular flexibility index (Phi) is 6.79. The molecule has 0 heterocycles. The third-order valence-corrected chi connectivity index (χ3v) is 4.15. The van der Waals surface area contributed by atoms with Gasteiger partial charge in [-0.25, -0.2) is 0 Å². The van der Waals surface area contributed by atoms with E-state index in [1.54, 1.807) is 24.3 Å². The fourth-order valence-corrected chi connectivity index (χ4v) is 2.95. The standard InChI is InChI=1S/C12H17BrO6S2/c1-20(14,15)18-9-3-4-12(19-21(2,16)17)10-5-7-11(13)8-6-10/h5-8,12H,3-4,9H2,1-2H3. The van der Waals surface area contributed by atoms with E-state index in [0.29, 0.717) is 18.4 Å². The summed E-state index contributed by atoms with van der Waals surface area (Å²) in [5.41, 5.74) is 0.697. The molecule has 1 rings (SSSR count). The van der Waals surface area contributed by atoms with Gasteiger partial charge in [0.15, 0.2) is 0 Å². The van der Waals surface area contributed by atoms with Gasteiger partial charge in [0, 0.05) is 4.47 Å². The number of benzene rings is 1. The second-order valence-corrected chi connectivity index (χ2v) is 8.67. The van der Waals surface area contributed by atoms with Gasteiger partial charge in [0.2, 0.25) is 0 Å². The van der Waals surface area contributed by atoms with Crippen molar-refractivity contribution in [1.29, 1.82) is 0 Å². The number of hydrogen-bond donors (Lipinski definition) is 0. The summed E-state index contributed by atoms with van der Waals surface area (Å²) in [4.78, 5) is 0. The van der Waals surface area contributed by atoms with E-state index >= 15 is 0 Å². The van der Waals surface area contributed by atoms with Gasteiger partial charge in [-0.3, -0.25) is 8.37 Å². The van der Waals surface area contributed by atoms with Crippen molar-refractivity contribution < 1.29 is 25.2 Å². The molecule has 0 saturated carbocycles. The van der Waals surface area contributed by atoms with Crippen LogP contribution in [-0.4, -0.2) is 36.0 Å². The third kappa shape index (κ3) is 8.52. The van der Waals surface area contributed by atoms with Crippen LogP contribution in [0.3, 0.4) is 0 Å². The summed E-state index contributed by atoms with van der Waals surface area (Å²) in [6, 6.07) is 7.05. The SMILES string of the molecule is CS(=O)(=O)OCCCC(OS(C)(=O)=O)c1ccc(Br)cc1. The van der Waals surface area contributed by atoms with Crippen LogP contribution in [0.5, 0.6) is 0 Å². The summed E-state index contributed by atoms with van der Waals surface area (Å²) in [7, 11) is -7.11. The van der Waals surface area contributed by atoms with Crippen LogP contribution in [-0.2, 0) is 28.6 Å². The van der Waals surface area contributed by atoms with Crippen LogP contribution in [0.15, 0.2) is 28.7 Å². The number of halogens is 1. The first kappa shape index (κ1) is 18.6. The predicted octanol–water partition coefficient (Wildman–Crippen LogP) is 2.22. The van der Waals surface area contributed by atoms with E-state index in [4.69, 9.17) is 4.18 Å². The Hall–Kier alpha value is -0.480. The second kappa shape index (κ2) is 7.68. The smallest absolute Gasteiger partial charge is 0.264 e. The summed E-state index contributed by atoms with van der Waals surface area (Å²) in [5, 5.41) is 0. The van der Waals surface area contributed by atoms with Crippen molar-refractivity contribution in [3.05, 3.63) is 34.3 Å². The van der Waals surface area contributed by atoms with Crippen LogP contribution in [0.25, 0.3) is 0 Å². The van der Waals surface area contributed by atoms with Crippen molar-refractivity contribution in [3.8, 4) is 0 Å². The lowest BCUT2D eigenvalue weighted by atomic mass is 10.1. The molecule has 0 fully saturated rings. The average molecular weight is 401 g/mol. The van der Waals surface area contributed by atoms with Gasteiger partial charge in [0.05, 0.1) is 19.1 Å². The number of rotatable bonds is 8. The van der Waals surface area contributed by atoms with Crippen LogP contribution in [0.2, 0.25) is 0 Å². The fraction of sp³-hybridized carbons (Fsp3) is 0.500. The van der Waals surface area contributed by atoms with Gasteiger partial charge in [0.25, 0.3) is 20.2 Å². The minimum absolute atomic E-state index is 0.0149. The van der Waals surface area contributed by atoms with Gasteiger partial charge < -0.3 is 0 Å². The van der Waals surface area contributed by atoms with Crippen molar-refractivity contribution in [3.63, 3.8) is 0 Å². The molecule has 0 N–H and O–H groups in total. The molecule has 0 radical (unpaired) electrons. The van der Waals surface area contributed by atoms with E-state index in [1.165, 1.54) is 0 Å². The zero-order valence-electron chi connectivity index (χ0n) is 11.7. The first-order valence-corrected chi connectivity index (χ1v) is 10.5. The molecule has 1 aromatic carbocycles. The molecule has 0 amide bonds. The molecule has 1 aromatic rings. The predicted molar refractivity (Wildman–Crippen MR) is 82.8 cm³/mol. The Morgan fingerprint density at radius 1 is 1.05 bits per heavy atom. The normalized spacial score (nSPS) is 14.0. The van der Waals surface area contributed by atoms with E-state index < -0.39 is 26.3 Å². The Bertz CT molecular complexity index is 651. The lowest BCUT2D eigenvalue weighted by molar-refractivity contribution is 0.189. The molecular weight excluding hydrogens is 384 g/mol. The maximum Gasteiger partial charge on any atom is 0.264 e. The van der Waals surface area contributed by atoms with E-state index in [2.05, 4.69) is 20.1 Å². The Morgan fingerprint density at radius 3 is 2.10 bits per heavy atom. The van der Waals surface area contributed by atoms with Gasteiger partial charge in [-0.1, -0.05) is 28.1 Å². The van der Waals surface area contributed by atoms with Crippen LogP contribution in [0, 0.1) is 0 Å². The third-order valence-electron chi connectivity index (χ3n) is 2.44. The molecular formula is C12H17BrO6S2. The second-order valence-electron chi connectivity index (χ2n) is 4.51. The highest BCUT2D eigenvalue weighted by Crippen LogP contribution is 2.26. The summed E-state index contributed by atoms with van der Waals surface area (Å²) < 4.78 is 54.9. The van der Waals surface area contributed by atoms with Gasteiger partial charge in [-0.05, 0) is 30.5 Å². The summed E-state index contributed by atoms with van der Waals surface area (Å²) in [5.74, 6) is 0. The first-order valence-electron chi connectivity index (χ1n) is 6.05. The summed E-state index contributed by atoms with van der Waals surface area (Å²) in [6.45, 7) is -0.0149. The lowest BCUT2D eigenvalue weighted by Gasteiger charge is -2.16. The van der Waals surface area contributed by atoms with Gasteiger partial charge in [-0.2, -0.15) is 16.8 Å². The van der Waals surface area contributed by atoms with E-state index in [1.807, 2.05) is 0 Å². The highest BCUT2D eigenvalue weighted by molar-refractivity contribution is 9.10. The maximum absolute atomic E-state index is 11.3. The van der Waals surface area contributed by atoms with Crippen molar-refractivity contribution in [1.82, 2.24) is 0 Å². The van der Waals surface area contributed by atoms with Crippen LogP contribution in [0.4, 0.5) is 0 Å². The quantitative estimate of drug-likeness (QED) is 0.491. The molecule has 0 bridgehead atoms. The molecule has 1 atom stereocenters. The topological polar surface area (TPSA) is 86.7 Å².